The quantitative estimate of drug-likeness (QED) is 0.477. The molecule has 3 aromatic rings. The summed E-state index contributed by atoms with van der Waals surface area (Å²) in [5, 5.41) is 0. The maximum absolute atomic E-state index is 13.4. The number of hydrogen-bond acceptors (Lipinski definition) is 4. The molecule has 1 aliphatic rings. The molecule has 0 radical (unpaired) electrons. The van der Waals surface area contributed by atoms with E-state index >= 15 is 0 Å². The summed E-state index contributed by atoms with van der Waals surface area (Å²) in [6, 6.07) is 20.3. The zero-order valence-corrected chi connectivity index (χ0v) is 17.8. The van der Waals surface area contributed by atoms with Crippen LogP contribution in [0.5, 0.6) is 17.2 Å². The van der Waals surface area contributed by atoms with Crippen LogP contribution in [0.25, 0.3) is 21.6 Å². The molecule has 0 saturated carbocycles. The third-order valence-electron chi connectivity index (χ3n) is 4.82. The van der Waals surface area contributed by atoms with Gasteiger partial charge in [0, 0.05) is 5.56 Å². The maximum atomic E-state index is 13.4. The molecule has 1 heterocycles. The van der Waals surface area contributed by atoms with Gasteiger partial charge in [-0.25, -0.2) is 9.05 Å². The van der Waals surface area contributed by atoms with Crippen molar-refractivity contribution in [2.24, 2.45) is 0 Å². The van der Waals surface area contributed by atoms with Crippen molar-refractivity contribution in [2.45, 2.75) is 4.90 Å². The summed E-state index contributed by atoms with van der Waals surface area (Å²) in [7, 11) is 1.76. The van der Waals surface area contributed by atoms with Gasteiger partial charge in [-0.2, -0.15) is 0 Å². The standard InChI is InChI=1S/C25H19NO4S/c1-26-15-14-17-4-8-20(9-5-17)30-24-22-13-12-21(29-3)16-23(22)31(27)25(24)18-6-10-19(28-2)11-7-18/h4-16H,2-3H3/b15-14+. The first kappa shape index (κ1) is 20.5. The number of hydrogen-bond donors (Lipinski definition) is 0. The van der Waals surface area contributed by atoms with Gasteiger partial charge in [-0.3, -0.25) is 0 Å². The first-order chi connectivity index (χ1) is 15.1. The van der Waals surface area contributed by atoms with Crippen LogP contribution in [0.4, 0.5) is 0 Å². The topological polar surface area (TPSA) is 49.1 Å². The predicted octanol–water partition coefficient (Wildman–Crippen LogP) is 5.62. The second-order valence-electron chi connectivity index (χ2n) is 6.63. The Kier molecular flexibility index (Phi) is 5.87. The number of ether oxygens (including phenoxy) is 3. The normalized spacial score (nSPS) is 14.9. The van der Waals surface area contributed by atoms with Crippen molar-refractivity contribution in [1.29, 1.82) is 0 Å². The van der Waals surface area contributed by atoms with Gasteiger partial charge in [0.25, 0.3) is 0 Å². The van der Waals surface area contributed by atoms with Crippen molar-refractivity contribution in [3.63, 3.8) is 0 Å². The molecule has 6 heteroatoms. The minimum atomic E-state index is -1.43. The highest BCUT2D eigenvalue weighted by Gasteiger charge is 2.32. The molecule has 1 aliphatic heterocycles. The molecule has 0 fully saturated rings. The van der Waals surface area contributed by atoms with Crippen LogP contribution < -0.4 is 14.2 Å². The summed E-state index contributed by atoms with van der Waals surface area (Å²) in [4.78, 5) is 4.47. The van der Waals surface area contributed by atoms with Crippen LogP contribution in [0.1, 0.15) is 16.7 Å². The number of rotatable bonds is 6. The fourth-order valence-electron chi connectivity index (χ4n) is 3.26. The lowest BCUT2D eigenvalue weighted by Crippen LogP contribution is -1.97. The summed E-state index contributed by atoms with van der Waals surface area (Å²) in [6.07, 6.45) is 3.13. The summed E-state index contributed by atoms with van der Waals surface area (Å²) in [5.41, 5.74) is 2.45. The molecule has 1 atom stereocenters. The molecule has 0 saturated heterocycles. The third kappa shape index (κ3) is 4.09. The van der Waals surface area contributed by atoms with E-state index in [1.165, 1.54) is 6.20 Å². The molecule has 1 unspecified atom stereocenters. The highest BCUT2D eigenvalue weighted by Crippen LogP contribution is 2.44. The summed E-state index contributed by atoms with van der Waals surface area (Å²) >= 11 is 0. The zero-order valence-electron chi connectivity index (χ0n) is 17.0. The van der Waals surface area contributed by atoms with E-state index in [2.05, 4.69) is 4.85 Å². The van der Waals surface area contributed by atoms with Crippen LogP contribution in [0.15, 0.2) is 77.8 Å². The van der Waals surface area contributed by atoms with Gasteiger partial charge in [-0.05, 0) is 65.7 Å². The van der Waals surface area contributed by atoms with Crippen molar-refractivity contribution in [2.75, 3.05) is 14.2 Å². The molecule has 154 valence electrons. The lowest BCUT2D eigenvalue weighted by Gasteiger charge is -2.11. The zero-order chi connectivity index (χ0) is 21.8. The van der Waals surface area contributed by atoms with Gasteiger partial charge in [-0.15, -0.1) is 0 Å². The summed E-state index contributed by atoms with van der Waals surface area (Å²) in [5.74, 6) is 2.52. The molecule has 31 heavy (non-hydrogen) atoms. The van der Waals surface area contributed by atoms with Crippen LogP contribution in [0.3, 0.4) is 0 Å². The molecule has 0 spiro atoms. The maximum Gasteiger partial charge on any atom is 0.154 e. The molecular weight excluding hydrogens is 410 g/mol. The number of nitrogens with zero attached hydrogens (tertiary/aromatic N) is 1. The molecule has 0 bridgehead atoms. The molecule has 0 N–H and O–H groups in total. The summed E-state index contributed by atoms with van der Waals surface area (Å²) < 4.78 is 30.3. The van der Waals surface area contributed by atoms with E-state index in [0.717, 1.165) is 22.4 Å². The van der Waals surface area contributed by atoms with Gasteiger partial charge in [0.15, 0.2) is 12.0 Å². The minimum absolute atomic E-state index is 0.547. The van der Waals surface area contributed by atoms with Gasteiger partial charge in [-0.1, -0.05) is 18.2 Å². The Balaban J connectivity index is 1.78. The van der Waals surface area contributed by atoms with Crippen LogP contribution in [0, 0.1) is 6.57 Å². The molecule has 0 aliphatic carbocycles. The van der Waals surface area contributed by atoms with E-state index in [-0.39, 0.29) is 0 Å². The smallest absolute Gasteiger partial charge is 0.154 e. The fraction of sp³-hybridized carbons (Fsp3) is 0.0800. The Morgan fingerprint density at radius 1 is 0.871 bits per heavy atom. The van der Waals surface area contributed by atoms with Crippen molar-refractivity contribution in [1.82, 2.24) is 0 Å². The Morgan fingerprint density at radius 3 is 2.16 bits per heavy atom. The van der Waals surface area contributed by atoms with E-state index in [1.807, 2.05) is 60.7 Å². The van der Waals surface area contributed by atoms with E-state index < -0.39 is 10.8 Å². The molecule has 3 aromatic carbocycles. The van der Waals surface area contributed by atoms with Gasteiger partial charge in [0.1, 0.15) is 17.2 Å². The largest absolute Gasteiger partial charge is 0.497 e. The van der Waals surface area contributed by atoms with E-state index in [0.29, 0.717) is 27.1 Å². The van der Waals surface area contributed by atoms with Gasteiger partial charge >= 0.3 is 0 Å². The van der Waals surface area contributed by atoms with E-state index in [9.17, 15) is 4.21 Å². The van der Waals surface area contributed by atoms with Gasteiger partial charge in [0.05, 0.1) is 41.4 Å². The second kappa shape index (κ2) is 8.90. The Morgan fingerprint density at radius 2 is 1.52 bits per heavy atom. The van der Waals surface area contributed by atoms with Crippen molar-refractivity contribution >= 4 is 27.5 Å². The lowest BCUT2D eigenvalue weighted by molar-refractivity contribution is 0.413. The van der Waals surface area contributed by atoms with Crippen molar-refractivity contribution < 1.29 is 18.4 Å². The highest BCUT2D eigenvalue weighted by atomic mass is 32.2. The first-order valence-corrected chi connectivity index (χ1v) is 10.6. The highest BCUT2D eigenvalue weighted by molar-refractivity contribution is 7.95. The minimum Gasteiger partial charge on any atom is -0.497 e. The van der Waals surface area contributed by atoms with Crippen LogP contribution in [-0.4, -0.2) is 18.4 Å². The van der Waals surface area contributed by atoms with Gasteiger partial charge < -0.3 is 14.2 Å². The third-order valence-corrected chi connectivity index (χ3v) is 6.35. The van der Waals surface area contributed by atoms with Gasteiger partial charge in [0.2, 0.25) is 0 Å². The van der Waals surface area contributed by atoms with Crippen LogP contribution in [0.2, 0.25) is 0 Å². The Bertz CT molecular complexity index is 1240. The first-order valence-electron chi connectivity index (χ1n) is 9.44. The molecule has 0 amide bonds. The number of methoxy groups -OCH3 is 2. The molecule has 5 nitrogen and oxygen atoms in total. The van der Waals surface area contributed by atoms with Crippen LogP contribution in [-0.2, 0) is 10.8 Å². The van der Waals surface area contributed by atoms with Crippen molar-refractivity contribution in [3.05, 3.63) is 101 Å². The molecule has 4 rings (SSSR count). The SMILES string of the molecule is [C-]#[N+]/C=C/c1ccc(OC2=C(c3ccc(OC)cc3)S(=O)c3cc(OC)ccc32)cc1. The average Bonchev–Trinajstić information content (AvgIpc) is 3.09. The number of fused-ring (bicyclic) bond motifs is 1. The second-order valence-corrected chi connectivity index (χ2v) is 8.02. The number of benzene rings is 3. The Hall–Kier alpha value is -3.82. The monoisotopic (exact) mass is 429 g/mol. The lowest BCUT2D eigenvalue weighted by atomic mass is 10.1. The van der Waals surface area contributed by atoms with E-state index in [1.54, 1.807) is 26.4 Å². The molecule has 0 aromatic heterocycles. The van der Waals surface area contributed by atoms with Crippen molar-refractivity contribution in [3.8, 4) is 17.2 Å². The van der Waals surface area contributed by atoms with Crippen LogP contribution >= 0.6 is 0 Å². The predicted molar refractivity (Wildman–Crippen MR) is 122 cm³/mol. The Labute approximate surface area is 183 Å². The average molecular weight is 429 g/mol. The fourth-order valence-corrected chi connectivity index (χ4v) is 4.73. The molecular formula is C25H19NO4S. The van der Waals surface area contributed by atoms with E-state index in [4.69, 9.17) is 20.8 Å². The summed E-state index contributed by atoms with van der Waals surface area (Å²) in [6.45, 7) is 6.85.